The molecule has 0 saturated heterocycles. The van der Waals surface area contributed by atoms with Crippen LogP contribution < -0.4 is 14.4 Å². The van der Waals surface area contributed by atoms with Gasteiger partial charge < -0.3 is 9.47 Å². The minimum absolute atomic E-state index is 0.189. The molecule has 0 atom stereocenters. The van der Waals surface area contributed by atoms with E-state index in [1.54, 1.807) is 52.0 Å². The second-order valence-corrected chi connectivity index (χ2v) is 5.61. The Labute approximate surface area is 152 Å². The summed E-state index contributed by atoms with van der Waals surface area (Å²) in [4.78, 5) is 22.7. The Kier molecular flexibility index (Phi) is 5.12. The maximum Gasteiger partial charge on any atom is 0.260 e. The lowest BCUT2D eigenvalue weighted by molar-refractivity contribution is 0.0992. The third kappa shape index (κ3) is 3.64. The van der Waals surface area contributed by atoms with Crippen LogP contribution in [0, 0.1) is 0 Å². The SMILES string of the molecule is COc1ccc(-c2cncc(C(=O)N(C)c3ccc(OC)cn3)c2)cc1. The highest BCUT2D eigenvalue weighted by atomic mass is 16.5. The van der Waals surface area contributed by atoms with Crippen molar-refractivity contribution >= 4 is 11.7 Å². The summed E-state index contributed by atoms with van der Waals surface area (Å²) in [5.74, 6) is 1.76. The Morgan fingerprint density at radius 3 is 2.19 bits per heavy atom. The molecule has 0 unspecified atom stereocenters. The van der Waals surface area contributed by atoms with Gasteiger partial charge in [-0.1, -0.05) is 12.1 Å². The molecule has 0 fully saturated rings. The van der Waals surface area contributed by atoms with Crippen molar-refractivity contribution in [2.24, 2.45) is 0 Å². The lowest BCUT2D eigenvalue weighted by Crippen LogP contribution is -2.27. The average molecular weight is 349 g/mol. The zero-order chi connectivity index (χ0) is 18.5. The van der Waals surface area contributed by atoms with Crippen LogP contribution in [0.2, 0.25) is 0 Å². The molecule has 0 N–H and O–H groups in total. The molecule has 3 aromatic rings. The minimum atomic E-state index is -0.189. The second-order valence-electron chi connectivity index (χ2n) is 5.61. The van der Waals surface area contributed by atoms with Gasteiger partial charge in [0.2, 0.25) is 0 Å². The Bertz CT molecular complexity index is 893. The van der Waals surface area contributed by atoms with E-state index >= 15 is 0 Å². The molecule has 6 heteroatoms. The van der Waals surface area contributed by atoms with Crippen molar-refractivity contribution < 1.29 is 14.3 Å². The number of hydrogen-bond donors (Lipinski definition) is 0. The van der Waals surface area contributed by atoms with Gasteiger partial charge in [-0.3, -0.25) is 14.7 Å². The molecule has 0 aliphatic carbocycles. The van der Waals surface area contributed by atoms with E-state index in [0.29, 0.717) is 17.1 Å². The van der Waals surface area contributed by atoms with Crippen LogP contribution in [-0.4, -0.2) is 37.1 Å². The lowest BCUT2D eigenvalue weighted by atomic mass is 10.1. The molecule has 132 valence electrons. The van der Waals surface area contributed by atoms with E-state index < -0.39 is 0 Å². The lowest BCUT2D eigenvalue weighted by Gasteiger charge is -2.16. The maximum absolute atomic E-state index is 12.8. The Hall–Kier alpha value is -3.41. The van der Waals surface area contributed by atoms with Crippen LogP contribution in [-0.2, 0) is 0 Å². The van der Waals surface area contributed by atoms with Gasteiger partial charge in [-0.15, -0.1) is 0 Å². The minimum Gasteiger partial charge on any atom is -0.497 e. The Morgan fingerprint density at radius 2 is 1.58 bits per heavy atom. The van der Waals surface area contributed by atoms with E-state index in [1.165, 1.54) is 4.90 Å². The van der Waals surface area contributed by atoms with Crippen molar-refractivity contribution in [2.75, 3.05) is 26.2 Å². The van der Waals surface area contributed by atoms with Crippen molar-refractivity contribution in [1.29, 1.82) is 0 Å². The van der Waals surface area contributed by atoms with Crippen LogP contribution in [0.3, 0.4) is 0 Å². The summed E-state index contributed by atoms with van der Waals surface area (Å²) in [5, 5.41) is 0. The predicted molar refractivity (Wildman–Crippen MR) is 99.7 cm³/mol. The first-order chi connectivity index (χ1) is 12.6. The number of benzene rings is 1. The Morgan fingerprint density at radius 1 is 0.885 bits per heavy atom. The number of carbonyl (C=O) groups is 1. The van der Waals surface area contributed by atoms with Gasteiger partial charge in [0.25, 0.3) is 5.91 Å². The average Bonchev–Trinajstić information content (AvgIpc) is 2.73. The van der Waals surface area contributed by atoms with Crippen molar-refractivity contribution in [3.63, 3.8) is 0 Å². The number of aromatic nitrogens is 2. The highest BCUT2D eigenvalue weighted by Crippen LogP contribution is 2.23. The molecule has 26 heavy (non-hydrogen) atoms. The highest BCUT2D eigenvalue weighted by Gasteiger charge is 2.16. The van der Waals surface area contributed by atoms with E-state index in [9.17, 15) is 4.79 Å². The quantitative estimate of drug-likeness (QED) is 0.706. The van der Waals surface area contributed by atoms with Gasteiger partial charge in [0.1, 0.15) is 17.3 Å². The number of amides is 1. The fraction of sp³-hybridized carbons (Fsp3) is 0.150. The number of methoxy groups -OCH3 is 2. The van der Waals surface area contributed by atoms with E-state index in [4.69, 9.17) is 9.47 Å². The van der Waals surface area contributed by atoms with Gasteiger partial charge in [0.05, 0.1) is 26.0 Å². The second kappa shape index (κ2) is 7.65. The highest BCUT2D eigenvalue weighted by molar-refractivity contribution is 6.05. The fourth-order valence-corrected chi connectivity index (χ4v) is 2.49. The molecule has 0 saturated carbocycles. The smallest absolute Gasteiger partial charge is 0.260 e. The summed E-state index contributed by atoms with van der Waals surface area (Å²) in [6, 6.07) is 12.9. The summed E-state index contributed by atoms with van der Waals surface area (Å²) in [5.41, 5.74) is 2.30. The van der Waals surface area contributed by atoms with Crippen molar-refractivity contribution in [3.05, 3.63) is 66.6 Å². The molecule has 3 rings (SSSR count). The molecule has 0 aliphatic rings. The van der Waals surface area contributed by atoms with Crippen molar-refractivity contribution in [3.8, 4) is 22.6 Å². The number of rotatable bonds is 5. The van der Waals surface area contributed by atoms with Gasteiger partial charge >= 0.3 is 0 Å². The summed E-state index contributed by atoms with van der Waals surface area (Å²) in [7, 11) is 4.87. The fourth-order valence-electron chi connectivity index (χ4n) is 2.49. The predicted octanol–water partition coefficient (Wildman–Crippen LogP) is 3.44. The van der Waals surface area contributed by atoms with Crippen LogP contribution in [0.15, 0.2) is 61.1 Å². The number of nitrogens with zero attached hydrogens (tertiary/aromatic N) is 3. The molecule has 6 nitrogen and oxygen atoms in total. The number of anilines is 1. The summed E-state index contributed by atoms with van der Waals surface area (Å²) in [6.07, 6.45) is 4.85. The van der Waals surface area contributed by atoms with Gasteiger partial charge in [-0.05, 0) is 35.9 Å². The molecule has 0 bridgehead atoms. The third-order valence-corrected chi connectivity index (χ3v) is 4.01. The monoisotopic (exact) mass is 349 g/mol. The van der Waals surface area contributed by atoms with Crippen LogP contribution in [0.5, 0.6) is 11.5 Å². The zero-order valence-electron chi connectivity index (χ0n) is 14.8. The van der Waals surface area contributed by atoms with Crippen LogP contribution in [0.4, 0.5) is 5.82 Å². The summed E-state index contributed by atoms with van der Waals surface area (Å²) in [6.45, 7) is 0. The van der Waals surface area contributed by atoms with E-state index in [0.717, 1.165) is 16.9 Å². The molecule has 0 spiro atoms. The van der Waals surface area contributed by atoms with Crippen molar-refractivity contribution in [2.45, 2.75) is 0 Å². The van der Waals surface area contributed by atoms with E-state index in [-0.39, 0.29) is 5.91 Å². The van der Waals surface area contributed by atoms with E-state index in [1.807, 2.05) is 30.3 Å². The number of carbonyl (C=O) groups excluding carboxylic acids is 1. The number of hydrogen-bond acceptors (Lipinski definition) is 5. The first-order valence-corrected chi connectivity index (χ1v) is 8.00. The Balaban J connectivity index is 1.84. The van der Waals surface area contributed by atoms with E-state index in [2.05, 4.69) is 9.97 Å². The maximum atomic E-state index is 12.8. The summed E-state index contributed by atoms with van der Waals surface area (Å²) >= 11 is 0. The van der Waals surface area contributed by atoms with Gasteiger partial charge in [0.15, 0.2) is 0 Å². The summed E-state index contributed by atoms with van der Waals surface area (Å²) < 4.78 is 10.3. The van der Waals surface area contributed by atoms with Crippen LogP contribution in [0.25, 0.3) is 11.1 Å². The molecule has 1 amide bonds. The van der Waals surface area contributed by atoms with Gasteiger partial charge in [-0.2, -0.15) is 0 Å². The van der Waals surface area contributed by atoms with Crippen molar-refractivity contribution in [1.82, 2.24) is 9.97 Å². The zero-order valence-corrected chi connectivity index (χ0v) is 14.8. The third-order valence-electron chi connectivity index (χ3n) is 4.01. The topological polar surface area (TPSA) is 64.5 Å². The van der Waals surface area contributed by atoms with Crippen LogP contribution >= 0.6 is 0 Å². The van der Waals surface area contributed by atoms with Gasteiger partial charge in [0, 0.05) is 25.0 Å². The standard InChI is InChI=1S/C20H19N3O3/c1-23(19-9-8-18(26-3)13-22-19)20(24)16-10-15(11-21-12-16)14-4-6-17(25-2)7-5-14/h4-13H,1-3H3. The molecule has 2 heterocycles. The first kappa shape index (κ1) is 17.4. The van der Waals surface area contributed by atoms with Crippen LogP contribution in [0.1, 0.15) is 10.4 Å². The molecule has 2 aromatic heterocycles. The number of ether oxygens (including phenoxy) is 2. The number of pyridine rings is 2. The normalized spacial score (nSPS) is 10.3. The molecular formula is C20H19N3O3. The largest absolute Gasteiger partial charge is 0.497 e. The molecular weight excluding hydrogens is 330 g/mol. The molecule has 0 radical (unpaired) electrons. The molecule has 0 aliphatic heterocycles. The first-order valence-electron chi connectivity index (χ1n) is 8.00. The molecule has 1 aromatic carbocycles. The van der Waals surface area contributed by atoms with Gasteiger partial charge in [-0.25, -0.2) is 4.98 Å².